The first-order valence-corrected chi connectivity index (χ1v) is 6.99. The van der Waals surface area contributed by atoms with E-state index in [1.807, 2.05) is 0 Å². The highest BCUT2D eigenvalue weighted by molar-refractivity contribution is 5.89. The third-order valence-electron chi connectivity index (χ3n) is 3.34. The van der Waals surface area contributed by atoms with Crippen LogP contribution < -0.4 is 10.6 Å². The second-order valence-corrected chi connectivity index (χ2v) is 4.89. The van der Waals surface area contributed by atoms with Gasteiger partial charge in [-0.15, -0.1) is 0 Å². The van der Waals surface area contributed by atoms with E-state index in [9.17, 15) is 9.59 Å². The Hall–Kier alpha value is -2.08. The summed E-state index contributed by atoms with van der Waals surface area (Å²) in [5.41, 5.74) is 1.40. The molecular formula is C15H20N2O4. The number of carbonyl (C=O) groups excluding carboxylic acids is 2. The lowest BCUT2D eigenvalue weighted by Gasteiger charge is -2.11. The first-order chi connectivity index (χ1) is 10.2. The largest absolute Gasteiger partial charge is 0.465 e. The fourth-order valence-electron chi connectivity index (χ4n) is 2.13. The fraction of sp³-hybridized carbons (Fsp3) is 0.467. The van der Waals surface area contributed by atoms with Crippen LogP contribution in [0.5, 0.6) is 0 Å². The molecule has 6 nitrogen and oxygen atoms in total. The van der Waals surface area contributed by atoms with Crippen LogP contribution in [0, 0.1) is 0 Å². The smallest absolute Gasteiger partial charge is 0.337 e. The summed E-state index contributed by atoms with van der Waals surface area (Å²) in [6.07, 6.45) is 2.19. The van der Waals surface area contributed by atoms with Crippen LogP contribution in [-0.2, 0) is 16.0 Å². The summed E-state index contributed by atoms with van der Waals surface area (Å²) in [4.78, 5) is 22.9. The Balaban J connectivity index is 1.71. The first-order valence-electron chi connectivity index (χ1n) is 6.99. The zero-order valence-corrected chi connectivity index (χ0v) is 12.1. The van der Waals surface area contributed by atoms with Crippen molar-refractivity contribution < 1.29 is 19.1 Å². The maximum atomic E-state index is 11.6. The molecule has 1 aliphatic rings. The Morgan fingerprint density at radius 1 is 1.29 bits per heavy atom. The van der Waals surface area contributed by atoms with Gasteiger partial charge >= 0.3 is 12.0 Å². The predicted octanol–water partition coefficient (Wildman–Crippen LogP) is 1.45. The van der Waals surface area contributed by atoms with E-state index < -0.39 is 0 Å². The Kier molecular flexibility index (Phi) is 5.57. The summed E-state index contributed by atoms with van der Waals surface area (Å²) in [6, 6.07) is 6.70. The van der Waals surface area contributed by atoms with Crippen LogP contribution in [0.1, 0.15) is 28.8 Å². The van der Waals surface area contributed by atoms with E-state index in [-0.39, 0.29) is 18.1 Å². The lowest BCUT2D eigenvalue weighted by molar-refractivity contribution is 0.0600. The van der Waals surface area contributed by atoms with Gasteiger partial charge < -0.3 is 20.1 Å². The van der Waals surface area contributed by atoms with Crippen molar-refractivity contribution in [1.29, 1.82) is 0 Å². The van der Waals surface area contributed by atoms with Crippen molar-refractivity contribution in [3.8, 4) is 0 Å². The summed E-state index contributed by atoms with van der Waals surface area (Å²) < 4.78 is 10.1. The van der Waals surface area contributed by atoms with Crippen LogP contribution in [0.3, 0.4) is 0 Å². The van der Waals surface area contributed by atoms with Gasteiger partial charge in [-0.25, -0.2) is 9.59 Å². The van der Waals surface area contributed by atoms with E-state index in [0.717, 1.165) is 25.0 Å². The summed E-state index contributed by atoms with van der Waals surface area (Å²) in [6.45, 7) is 1.71. The molecule has 0 aliphatic carbocycles. The van der Waals surface area contributed by atoms with Gasteiger partial charge in [0.1, 0.15) is 0 Å². The van der Waals surface area contributed by atoms with Crippen molar-refractivity contribution in [2.45, 2.75) is 25.5 Å². The lowest BCUT2D eigenvalue weighted by atomic mass is 10.1. The zero-order valence-electron chi connectivity index (χ0n) is 12.1. The molecule has 0 radical (unpaired) electrons. The predicted molar refractivity (Wildman–Crippen MR) is 77.0 cm³/mol. The van der Waals surface area contributed by atoms with Crippen LogP contribution >= 0.6 is 0 Å². The molecule has 2 rings (SSSR count). The number of nitrogens with one attached hydrogen (secondary N) is 2. The highest BCUT2D eigenvalue weighted by Gasteiger charge is 2.15. The lowest BCUT2D eigenvalue weighted by Crippen LogP contribution is -2.39. The molecule has 2 N–H and O–H groups in total. The molecule has 1 aromatic carbocycles. The minimum atomic E-state index is -0.371. The number of benzene rings is 1. The van der Waals surface area contributed by atoms with Gasteiger partial charge in [0.2, 0.25) is 0 Å². The van der Waals surface area contributed by atoms with Crippen LogP contribution in [0.15, 0.2) is 24.3 Å². The standard InChI is InChI=1S/C15H20N2O4/c1-20-14(18)12-6-4-11(5-7-12)9-16-15(19)17-10-13-3-2-8-21-13/h4-7,13H,2-3,8-10H2,1H3,(H2,16,17,19). The quantitative estimate of drug-likeness (QED) is 0.805. The summed E-state index contributed by atoms with van der Waals surface area (Å²) >= 11 is 0. The van der Waals surface area contributed by atoms with Gasteiger partial charge in [0, 0.05) is 19.7 Å². The van der Waals surface area contributed by atoms with Crippen LogP contribution in [0.25, 0.3) is 0 Å². The van der Waals surface area contributed by atoms with Crippen molar-refractivity contribution >= 4 is 12.0 Å². The molecular weight excluding hydrogens is 272 g/mol. The van der Waals surface area contributed by atoms with Gasteiger partial charge in [0.25, 0.3) is 0 Å². The molecule has 1 fully saturated rings. The minimum Gasteiger partial charge on any atom is -0.465 e. The van der Waals surface area contributed by atoms with Crippen LogP contribution in [-0.4, -0.2) is 38.4 Å². The number of methoxy groups -OCH3 is 1. The number of esters is 1. The Morgan fingerprint density at radius 3 is 2.67 bits per heavy atom. The molecule has 1 heterocycles. The van der Waals surface area contributed by atoms with Gasteiger partial charge in [-0.05, 0) is 30.5 Å². The maximum absolute atomic E-state index is 11.6. The molecule has 0 bridgehead atoms. The van der Waals surface area contributed by atoms with Gasteiger partial charge in [-0.1, -0.05) is 12.1 Å². The number of ether oxygens (including phenoxy) is 2. The molecule has 0 spiro atoms. The highest BCUT2D eigenvalue weighted by atomic mass is 16.5. The number of rotatable bonds is 5. The van der Waals surface area contributed by atoms with Gasteiger partial charge in [0.05, 0.1) is 18.8 Å². The van der Waals surface area contributed by atoms with Gasteiger partial charge in [-0.2, -0.15) is 0 Å². The van der Waals surface area contributed by atoms with Crippen molar-refractivity contribution in [2.24, 2.45) is 0 Å². The Bertz CT molecular complexity index is 481. The average molecular weight is 292 g/mol. The SMILES string of the molecule is COC(=O)c1ccc(CNC(=O)NCC2CCCO2)cc1. The molecule has 1 aliphatic heterocycles. The number of amides is 2. The average Bonchev–Trinajstić information content (AvgIpc) is 3.04. The fourth-order valence-corrected chi connectivity index (χ4v) is 2.13. The first kappa shape index (κ1) is 15.3. The summed E-state index contributed by atoms with van der Waals surface area (Å²) in [7, 11) is 1.34. The molecule has 1 saturated heterocycles. The molecule has 114 valence electrons. The molecule has 1 aromatic rings. The van der Waals surface area contributed by atoms with E-state index in [2.05, 4.69) is 15.4 Å². The normalized spacial score (nSPS) is 17.3. The minimum absolute atomic E-state index is 0.134. The number of urea groups is 1. The van der Waals surface area contributed by atoms with Crippen LogP contribution in [0.2, 0.25) is 0 Å². The van der Waals surface area contributed by atoms with E-state index in [1.54, 1.807) is 24.3 Å². The van der Waals surface area contributed by atoms with Crippen molar-refractivity contribution in [3.63, 3.8) is 0 Å². The van der Waals surface area contributed by atoms with Crippen LogP contribution in [0.4, 0.5) is 4.79 Å². The Labute approximate surface area is 123 Å². The van der Waals surface area contributed by atoms with E-state index in [0.29, 0.717) is 18.7 Å². The van der Waals surface area contributed by atoms with E-state index in [1.165, 1.54) is 7.11 Å². The third-order valence-corrected chi connectivity index (χ3v) is 3.34. The topological polar surface area (TPSA) is 76.7 Å². The zero-order chi connectivity index (χ0) is 15.1. The molecule has 1 atom stereocenters. The molecule has 6 heteroatoms. The molecule has 2 amide bonds. The second kappa shape index (κ2) is 7.64. The van der Waals surface area contributed by atoms with E-state index in [4.69, 9.17) is 4.74 Å². The molecule has 1 unspecified atom stereocenters. The monoisotopic (exact) mass is 292 g/mol. The summed E-state index contributed by atoms with van der Waals surface area (Å²) in [5.74, 6) is -0.371. The van der Waals surface area contributed by atoms with E-state index >= 15 is 0 Å². The maximum Gasteiger partial charge on any atom is 0.337 e. The number of carbonyl (C=O) groups is 2. The number of hydrogen-bond acceptors (Lipinski definition) is 4. The van der Waals surface area contributed by atoms with Gasteiger partial charge in [-0.3, -0.25) is 0 Å². The molecule has 0 aromatic heterocycles. The van der Waals surface area contributed by atoms with Crippen molar-refractivity contribution in [1.82, 2.24) is 10.6 Å². The third kappa shape index (κ3) is 4.75. The molecule has 0 saturated carbocycles. The van der Waals surface area contributed by atoms with Crippen molar-refractivity contribution in [3.05, 3.63) is 35.4 Å². The van der Waals surface area contributed by atoms with Crippen molar-refractivity contribution in [2.75, 3.05) is 20.3 Å². The Morgan fingerprint density at radius 2 is 2.05 bits per heavy atom. The summed E-state index contributed by atoms with van der Waals surface area (Å²) in [5, 5.41) is 5.55. The highest BCUT2D eigenvalue weighted by Crippen LogP contribution is 2.10. The molecule has 21 heavy (non-hydrogen) atoms. The number of hydrogen-bond donors (Lipinski definition) is 2. The second-order valence-electron chi connectivity index (χ2n) is 4.89. The van der Waals surface area contributed by atoms with Gasteiger partial charge in [0.15, 0.2) is 0 Å².